The van der Waals surface area contributed by atoms with Crippen LogP contribution in [0.25, 0.3) is 11.0 Å². The normalized spacial score (nSPS) is 22.6. The van der Waals surface area contributed by atoms with Crippen LogP contribution in [0.5, 0.6) is 11.5 Å². The fourth-order valence-corrected chi connectivity index (χ4v) is 5.00. The number of benzene rings is 1. The summed E-state index contributed by atoms with van der Waals surface area (Å²) in [6.07, 6.45) is 8.21. The molecule has 2 aromatic rings. The van der Waals surface area contributed by atoms with Gasteiger partial charge in [0.1, 0.15) is 30.0 Å². The molecule has 1 aliphatic heterocycles. The van der Waals surface area contributed by atoms with Crippen LogP contribution in [0.1, 0.15) is 96.8 Å². The zero-order valence-electron chi connectivity index (χ0n) is 24.0. The fourth-order valence-electron chi connectivity index (χ4n) is 5.00. The zero-order chi connectivity index (χ0) is 29.6. The van der Waals surface area contributed by atoms with Crippen molar-refractivity contribution >= 4 is 16.9 Å². The number of rotatable bonds is 18. The number of ether oxygens (including phenoxy) is 3. The minimum Gasteiger partial charge on any atom is -0.458 e. The summed E-state index contributed by atoms with van der Waals surface area (Å²) in [4.78, 5) is 24.4. The van der Waals surface area contributed by atoms with E-state index in [1.54, 1.807) is 0 Å². The lowest BCUT2D eigenvalue weighted by Gasteiger charge is -2.39. The minimum absolute atomic E-state index is 0.00519. The highest BCUT2D eigenvalue weighted by molar-refractivity contribution is 5.82. The van der Waals surface area contributed by atoms with E-state index in [4.69, 9.17) is 18.6 Å². The first-order chi connectivity index (χ1) is 19.8. The van der Waals surface area contributed by atoms with Crippen molar-refractivity contribution in [1.82, 2.24) is 0 Å². The summed E-state index contributed by atoms with van der Waals surface area (Å²) in [5, 5.41) is 40.4. The molecule has 0 radical (unpaired) electrons. The van der Waals surface area contributed by atoms with Crippen LogP contribution >= 0.6 is 0 Å². The van der Waals surface area contributed by atoms with Crippen molar-refractivity contribution in [3.05, 3.63) is 34.7 Å². The second kappa shape index (κ2) is 17.5. The highest BCUT2D eigenvalue weighted by Crippen LogP contribution is 2.35. The van der Waals surface area contributed by atoms with Gasteiger partial charge in [-0.1, -0.05) is 84.0 Å². The lowest BCUT2D eigenvalue weighted by molar-refractivity contribution is -0.277. The molecule has 5 atom stereocenters. The second-order valence-corrected chi connectivity index (χ2v) is 10.9. The van der Waals surface area contributed by atoms with E-state index in [9.17, 15) is 30.0 Å². The molecule has 41 heavy (non-hydrogen) atoms. The highest BCUT2D eigenvalue weighted by atomic mass is 16.7. The Hall–Kier alpha value is -2.50. The lowest BCUT2D eigenvalue weighted by atomic mass is 9.99. The van der Waals surface area contributed by atoms with Gasteiger partial charge in [0.25, 0.3) is 0 Å². The molecule has 0 bridgehead atoms. The molecule has 10 nitrogen and oxygen atoms in total. The molecular formula is C31H46O10. The fraction of sp³-hybridized carbons (Fsp3) is 0.677. The summed E-state index contributed by atoms with van der Waals surface area (Å²) < 4.78 is 22.0. The second-order valence-electron chi connectivity index (χ2n) is 10.9. The zero-order valence-corrected chi connectivity index (χ0v) is 24.0. The Bertz CT molecular complexity index is 1110. The predicted molar refractivity (Wildman–Crippen MR) is 153 cm³/mol. The summed E-state index contributed by atoms with van der Waals surface area (Å²) in [7, 11) is 0. The van der Waals surface area contributed by atoms with Crippen molar-refractivity contribution < 1.29 is 43.8 Å². The van der Waals surface area contributed by atoms with E-state index >= 15 is 0 Å². The first kappa shape index (κ1) is 33.0. The Balaban J connectivity index is 1.50. The van der Waals surface area contributed by atoms with Gasteiger partial charge in [0, 0.05) is 23.9 Å². The van der Waals surface area contributed by atoms with Crippen LogP contribution in [-0.4, -0.2) is 63.7 Å². The smallest absolute Gasteiger partial charge is 0.336 e. The van der Waals surface area contributed by atoms with E-state index in [1.165, 1.54) is 82.1 Å². The molecule has 0 unspecified atom stereocenters. The van der Waals surface area contributed by atoms with Gasteiger partial charge in [0.15, 0.2) is 11.5 Å². The molecule has 10 heteroatoms. The molecule has 2 heterocycles. The first-order valence-corrected chi connectivity index (χ1v) is 15.1. The number of carbonyl (C=O) groups is 1. The van der Waals surface area contributed by atoms with Gasteiger partial charge in [-0.2, -0.15) is 0 Å². The Morgan fingerprint density at radius 3 is 2.02 bits per heavy atom. The van der Waals surface area contributed by atoms with Crippen molar-refractivity contribution in [2.45, 2.75) is 128 Å². The average molecular weight is 579 g/mol. The van der Waals surface area contributed by atoms with Crippen molar-refractivity contribution in [3.63, 3.8) is 0 Å². The Morgan fingerprint density at radius 2 is 1.41 bits per heavy atom. The number of unbranched alkanes of at least 4 members (excludes halogenated alkanes) is 12. The van der Waals surface area contributed by atoms with Gasteiger partial charge < -0.3 is 39.1 Å². The SMILES string of the molecule is CCCCCCCCCCCCCCCC(=O)Oc1cc2oc(=O)ccc2cc1O[C@@H]1O[C@H](CO)[C@@H](O)[C@H](O)[C@H]1O. The van der Waals surface area contributed by atoms with E-state index in [2.05, 4.69) is 6.92 Å². The van der Waals surface area contributed by atoms with E-state index in [-0.39, 0.29) is 23.5 Å². The Labute approximate surface area is 241 Å². The standard InChI is InChI=1S/C31H46O10/c1-2-3-4-5-6-7-8-9-10-11-12-13-14-15-26(33)39-24-19-22-21(16-17-27(34)38-22)18-23(24)40-31-30(37)29(36)28(35)25(20-32)41-31/h16-19,25,28-32,35-37H,2-15,20H2,1H3/t25-,28-,29+,30-,31-/m1/s1. The van der Waals surface area contributed by atoms with Crippen LogP contribution in [0.4, 0.5) is 0 Å². The third-order valence-corrected chi connectivity index (χ3v) is 7.49. The van der Waals surface area contributed by atoms with Crippen LogP contribution in [0.3, 0.4) is 0 Å². The van der Waals surface area contributed by atoms with E-state index in [0.717, 1.165) is 19.3 Å². The van der Waals surface area contributed by atoms with Crippen molar-refractivity contribution in [2.75, 3.05) is 6.61 Å². The molecule has 0 aliphatic carbocycles. The van der Waals surface area contributed by atoms with E-state index in [0.29, 0.717) is 11.8 Å². The van der Waals surface area contributed by atoms with Gasteiger partial charge in [-0.05, 0) is 18.6 Å². The van der Waals surface area contributed by atoms with Crippen LogP contribution in [0.2, 0.25) is 0 Å². The number of hydrogen-bond donors (Lipinski definition) is 4. The molecule has 230 valence electrons. The summed E-state index contributed by atoms with van der Waals surface area (Å²) in [5.41, 5.74) is -0.410. The van der Waals surface area contributed by atoms with Crippen molar-refractivity contribution in [3.8, 4) is 11.5 Å². The monoisotopic (exact) mass is 578 g/mol. The lowest BCUT2D eigenvalue weighted by Crippen LogP contribution is -2.60. The summed E-state index contributed by atoms with van der Waals surface area (Å²) in [5.74, 6) is -0.553. The van der Waals surface area contributed by atoms with Crippen molar-refractivity contribution in [2.24, 2.45) is 0 Å². The Morgan fingerprint density at radius 1 is 0.805 bits per heavy atom. The van der Waals surface area contributed by atoms with E-state index < -0.39 is 48.9 Å². The topological polar surface area (TPSA) is 156 Å². The molecular weight excluding hydrogens is 532 g/mol. The maximum absolute atomic E-state index is 12.7. The molecule has 1 aromatic heterocycles. The Kier molecular flexibility index (Phi) is 14.1. The third-order valence-electron chi connectivity index (χ3n) is 7.49. The molecule has 3 rings (SSSR count). The molecule has 1 aliphatic rings. The van der Waals surface area contributed by atoms with E-state index in [1.807, 2.05) is 0 Å². The van der Waals surface area contributed by atoms with Gasteiger partial charge in [-0.15, -0.1) is 0 Å². The number of esters is 1. The predicted octanol–water partition coefficient (Wildman–Crippen LogP) is 4.36. The number of hydrogen-bond acceptors (Lipinski definition) is 10. The van der Waals surface area contributed by atoms with Gasteiger partial charge in [-0.25, -0.2) is 4.79 Å². The molecule has 0 saturated carbocycles. The van der Waals surface area contributed by atoms with Crippen LogP contribution in [0.15, 0.2) is 33.5 Å². The van der Waals surface area contributed by atoms with Crippen LogP contribution in [-0.2, 0) is 9.53 Å². The summed E-state index contributed by atoms with van der Waals surface area (Å²) in [6.45, 7) is 1.62. The molecule has 1 saturated heterocycles. The molecule has 4 N–H and O–H groups in total. The number of aliphatic hydroxyl groups excluding tert-OH is 4. The maximum Gasteiger partial charge on any atom is 0.336 e. The minimum atomic E-state index is -1.65. The molecule has 1 aromatic carbocycles. The first-order valence-electron chi connectivity index (χ1n) is 15.1. The summed E-state index contributed by atoms with van der Waals surface area (Å²) in [6, 6.07) is 5.52. The average Bonchev–Trinajstić information content (AvgIpc) is 2.96. The maximum atomic E-state index is 12.7. The van der Waals surface area contributed by atoms with Crippen LogP contribution in [0, 0.1) is 0 Å². The van der Waals surface area contributed by atoms with Gasteiger partial charge in [-0.3, -0.25) is 4.79 Å². The quantitative estimate of drug-likeness (QED) is 0.0867. The number of aliphatic hydroxyl groups is 4. The highest BCUT2D eigenvalue weighted by Gasteiger charge is 2.45. The van der Waals surface area contributed by atoms with Crippen LogP contribution < -0.4 is 15.1 Å². The van der Waals surface area contributed by atoms with Gasteiger partial charge in [0.2, 0.25) is 6.29 Å². The molecule has 0 amide bonds. The summed E-state index contributed by atoms with van der Waals surface area (Å²) >= 11 is 0. The number of fused-ring (bicyclic) bond motifs is 1. The van der Waals surface area contributed by atoms with Gasteiger partial charge >= 0.3 is 11.6 Å². The van der Waals surface area contributed by atoms with Gasteiger partial charge in [0.05, 0.1) is 6.61 Å². The molecule has 1 fully saturated rings. The molecule has 0 spiro atoms. The third kappa shape index (κ3) is 10.4. The number of carbonyl (C=O) groups excluding carboxylic acids is 1. The largest absolute Gasteiger partial charge is 0.458 e. The van der Waals surface area contributed by atoms with Crippen molar-refractivity contribution in [1.29, 1.82) is 0 Å².